The summed E-state index contributed by atoms with van der Waals surface area (Å²) >= 11 is 14.5. The Morgan fingerprint density at radius 3 is 2.38 bits per heavy atom. The molecule has 0 spiro atoms. The number of benzene rings is 2. The van der Waals surface area contributed by atoms with E-state index in [9.17, 15) is 5.26 Å². The van der Waals surface area contributed by atoms with Crippen LogP contribution < -0.4 is 0 Å². The second-order valence-electron chi connectivity index (χ2n) is 5.93. The van der Waals surface area contributed by atoms with Crippen LogP contribution in [0.25, 0.3) is 17.3 Å². The molecule has 3 aromatic rings. The average molecular weight is 493 g/mol. The van der Waals surface area contributed by atoms with Crippen LogP contribution in [0.5, 0.6) is 0 Å². The number of halogens is 3. The van der Waals surface area contributed by atoms with Gasteiger partial charge in [-0.3, -0.25) is 0 Å². The third-order valence-electron chi connectivity index (χ3n) is 4.20. The molecule has 0 radical (unpaired) electrons. The minimum Gasteiger partial charge on any atom is -0.318 e. The van der Waals surface area contributed by atoms with Crippen LogP contribution in [-0.4, -0.2) is 4.57 Å². The molecule has 0 unspecified atom stereocenters. The fourth-order valence-electron chi connectivity index (χ4n) is 2.95. The molecule has 3 rings (SSSR count). The number of rotatable bonds is 3. The standard InChI is InChI=1S/C21H15Cl2IN2/c1-13-9-15(14(2)26(13)19-6-4-18(24)5-7-19)10-16(12-25)20-8-3-17(22)11-21(20)23/h3-11H,1-2H3/b16-10-. The van der Waals surface area contributed by atoms with Gasteiger partial charge in [0, 0.05) is 31.2 Å². The van der Waals surface area contributed by atoms with Crippen molar-refractivity contribution in [3.63, 3.8) is 0 Å². The maximum absolute atomic E-state index is 9.63. The van der Waals surface area contributed by atoms with Crippen molar-refractivity contribution >= 4 is 57.4 Å². The van der Waals surface area contributed by atoms with E-state index >= 15 is 0 Å². The number of allylic oxidation sites excluding steroid dienone is 1. The average Bonchev–Trinajstić information content (AvgIpc) is 2.88. The van der Waals surface area contributed by atoms with E-state index < -0.39 is 0 Å². The highest BCUT2D eigenvalue weighted by Gasteiger charge is 2.12. The fraction of sp³-hybridized carbons (Fsp3) is 0.0952. The number of nitrogens with zero attached hydrogens (tertiary/aromatic N) is 2. The zero-order valence-electron chi connectivity index (χ0n) is 14.2. The summed E-state index contributed by atoms with van der Waals surface area (Å²) in [6, 6.07) is 17.8. The lowest BCUT2D eigenvalue weighted by Crippen LogP contribution is -1.99. The predicted molar refractivity (Wildman–Crippen MR) is 118 cm³/mol. The van der Waals surface area contributed by atoms with Gasteiger partial charge in [0.2, 0.25) is 0 Å². The fourth-order valence-corrected chi connectivity index (χ4v) is 3.82. The van der Waals surface area contributed by atoms with Gasteiger partial charge in [0.15, 0.2) is 0 Å². The van der Waals surface area contributed by atoms with Crippen molar-refractivity contribution in [2.24, 2.45) is 0 Å². The molecule has 0 N–H and O–H groups in total. The van der Waals surface area contributed by atoms with E-state index in [1.165, 1.54) is 3.57 Å². The molecule has 5 heteroatoms. The van der Waals surface area contributed by atoms with Crippen LogP contribution in [-0.2, 0) is 0 Å². The number of hydrogen-bond donors (Lipinski definition) is 0. The van der Waals surface area contributed by atoms with Crippen molar-refractivity contribution in [1.82, 2.24) is 4.57 Å². The highest BCUT2D eigenvalue weighted by Crippen LogP contribution is 2.30. The highest BCUT2D eigenvalue weighted by atomic mass is 127. The summed E-state index contributed by atoms with van der Waals surface area (Å²) in [6.07, 6.45) is 1.88. The third-order valence-corrected chi connectivity index (χ3v) is 5.46. The normalized spacial score (nSPS) is 11.5. The molecule has 1 heterocycles. The number of hydrogen-bond acceptors (Lipinski definition) is 1. The smallest absolute Gasteiger partial charge is 0.0998 e. The molecule has 26 heavy (non-hydrogen) atoms. The van der Waals surface area contributed by atoms with E-state index in [-0.39, 0.29) is 0 Å². The first-order chi connectivity index (χ1) is 12.4. The lowest BCUT2D eigenvalue weighted by molar-refractivity contribution is 0.964. The van der Waals surface area contributed by atoms with Crippen molar-refractivity contribution in [3.05, 3.63) is 84.7 Å². The first-order valence-corrected chi connectivity index (χ1v) is 9.76. The lowest BCUT2D eigenvalue weighted by atomic mass is 10.0. The van der Waals surface area contributed by atoms with Crippen LogP contribution in [0, 0.1) is 28.7 Å². The molecule has 0 atom stereocenters. The zero-order chi connectivity index (χ0) is 18.8. The molecule has 0 aliphatic rings. The molecule has 0 fully saturated rings. The van der Waals surface area contributed by atoms with E-state index in [0.29, 0.717) is 21.2 Å². The second-order valence-corrected chi connectivity index (χ2v) is 8.02. The summed E-state index contributed by atoms with van der Waals surface area (Å²) < 4.78 is 3.37. The molecule has 0 aliphatic heterocycles. The molecule has 0 amide bonds. The number of aromatic nitrogens is 1. The van der Waals surface area contributed by atoms with Gasteiger partial charge in [0.1, 0.15) is 0 Å². The summed E-state index contributed by atoms with van der Waals surface area (Å²) in [7, 11) is 0. The summed E-state index contributed by atoms with van der Waals surface area (Å²) in [5.41, 5.74) is 5.45. The van der Waals surface area contributed by atoms with Gasteiger partial charge in [-0.15, -0.1) is 0 Å². The number of aryl methyl sites for hydroxylation is 1. The summed E-state index contributed by atoms with van der Waals surface area (Å²) in [4.78, 5) is 0. The van der Waals surface area contributed by atoms with Crippen molar-refractivity contribution in [2.75, 3.05) is 0 Å². The van der Waals surface area contributed by atoms with Crippen molar-refractivity contribution in [1.29, 1.82) is 5.26 Å². The Morgan fingerprint density at radius 1 is 1.08 bits per heavy atom. The van der Waals surface area contributed by atoms with Crippen molar-refractivity contribution in [2.45, 2.75) is 13.8 Å². The molecule has 0 saturated heterocycles. The maximum atomic E-state index is 9.63. The monoisotopic (exact) mass is 492 g/mol. The molecule has 0 saturated carbocycles. The Labute approximate surface area is 176 Å². The van der Waals surface area contributed by atoms with Crippen LogP contribution in [0.1, 0.15) is 22.5 Å². The Kier molecular flexibility index (Phi) is 5.76. The van der Waals surface area contributed by atoms with E-state index in [1.807, 2.05) is 6.08 Å². The summed E-state index contributed by atoms with van der Waals surface area (Å²) in [5, 5.41) is 10.6. The van der Waals surface area contributed by atoms with Gasteiger partial charge in [0.05, 0.1) is 16.7 Å². The Hall–Kier alpha value is -1.74. The Morgan fingerprint density at radius 2 is 1.77 bits per heavy atom. The van der Waals surface area contributed by atoms with Crippen LogP contribution in [0.4, 0.5) is 0 Å². The van der Waals surface area contributed by atoms with E-state index in [4.69, 9.17) is 23.2 Å². The Bertz CT molecular complexity index is 1040. The van der Waals surface area contributed by atoms with Gasteiger partial charge >= 0.3 is 0 Å². The van der Waals surface area contributed by atoms with Crippen molar-refractivity contribution in [3.8, 4) is 11.8 Å². The zero-order valence-corrected chi connectivity index (χ0v) is 17.9. The van der Waals surface area contributed by atoms with Gasteiger partial charge in [-0.2, -0.15) is 5.26 Å². The van der Waals surface area contributed by atoms with E-state index in [1.54, 1.807) is 18.2 Å². The molecule has 0 bridgehead atoms. The van der Waals surface area contributed by atoms with Crippen LogP contribution in [0.3, 0.4) is 0 Å². The lowest BCUT2D eigenvalue weighted by Gasteiger charge is -2.10. The predicted octanol–water partition coefficient (Wildman–Crippen LogP) is 7.07. The molecule has 130 valence electrons. The molecule has 2 nitrogen and oxygen atoms in total. The van der Waals surface area contributed by atoms with Crippen LogP contribution in [0.2, 0.25) is 10.0 Å². The molecular formula is C21H15Cl2IN2. The largest absolute Gasteiger partial charge is 0.318 e. The minimum atomic E-state index is 0.469. The van der Waals surface area contributed by atoms with Gasteiger partial charge in [-0.25, -0.2) is 0 Å². The molecule has 2 aromatic carbocycles. The topological polar surface area (TPSA) is 28.7 Å². The van der Waals surface area contributed by atoms with E-state index in [0.717, 1.165) is 22.6 Å². The summed E-state index contributed by atoms with van der Waals surface area (Å²) in [5.74, 6) is 0. The first kappa shape index (κ1) is 19.0. The SMILES string of the molecule is Cc1cc(/C=C(/C#N)c2ccc(Cl)cc2Cl)c(C)n1-c1ccc(I)cc1. The van der Waals surface area contributed by atoms with Gasteiger partial charge in [0.25, 0.3) is 0 Å². The van der Waals surface area contributed by atoms with Gasteiger partial charge < -0.3 is 4.57 Å². The Balaban J connectivity index is 2.09. The third kappa shape index (κ3) is 3.83. The van der Waals surface area contributed by atoms with Gasteiger partial charge in [-0.05, 0) is 90.5 Å². The van der Waals surface area contributed by atoms with E-state index in [2.05, 4.69) is 77.4 Å². The first-order valence-electron chi connectivity index (χ1n) is 7.93. The van der Waals surface area contributed by atoms with Crippen LogP contribution in [0.15, 0.2) is 48.5 Å². The quantitative estimate of drug-likeness (QED) is 0.284. The van der Waals surface area contributed by atoms with Gasteiger partial charge in [-0.1, -0.05) is 29.3 Å². The minimum absolute atomic E-state index is 0.469. The van der Waals surface area contributed by atoms with Crippen LogP contribution >= 0.6 is 45.8 Å². The van der Waals surface area contributed by atoms with Crippen molar-refractivity contribution < 1.29 is 0 Å². The number of nitriles is 1. The maximum Gasteiger partial charge on any atom is 0.0998 e. The highest BCUT2D eigenvalue weighted by molar-refractivity contribution is 14.1. The second kappa shape index (κ2) is 7.87. The summed E-state index contributed by atoms with van der Waals surface area (Å²) in [6.45, 7) is 4.11. The molecular weight excluding hydrogens is 478 g/mol. The molecule has 0 aliphatic carbocycles. The molecule has 1 aromatic heterocycles.